The highest BCUT2D eigenvalue weighted by Gasteiger charge is 2.29. The Morgan fingerprint density at radius 2 is 1.82 bits per heavy atom. The van der Waals surface area contributed by atoms with Gasteiger partial charge in [0.05, 0.1) is 18.8 Å². The SMILES string of the molecule is CC#CCn1c(N2CCCC(NC(=O)OC(C)(C)C)C2)nc2c1c(=O)n(Cc1nc3c(c4ccccc14)CCCC3)c(=O)n2C. The standard InChI is InChI=1S/C34H41N7O4/c1-6-7-19-40-28-29(37-31(40)39-18-12-13-22(20-39)35-32(43)45-34(2,3)4)38(5)33(44)41(30(28)42)21-27-25-16-9-8-14-23(25)24-15-10-11-17-26(24)36-27/h8-9,14,16,22H,10-13,15,17-21H2,1-5H3,(H,35,43). The summed E-state index contributed by atoms with van der Waals surface area (Å²) in [7, 11) is 1.65. The van der Waals surface area contributed by atoms with Crippen LogP contribution in [0.5, 0.6) is 0 Å². The van der Waals surface area contributed by atoms with Gasteiger partial charge in [-0.25, -0.2) is 9.59 Å². The molecule has 11 heteroatoms. The van der Waals surface area contributed by atoms with E-state index in [2.05, 4.69) is 28.1 Å². The fraction of sp³-hybridized carbons (Fsp3) is 0.500. The zero-order valence-electron chi connectivity index (χ0n) is 26.8. The van der Waals surface area contributed by atoms with Gasteiger partial charge in [-0.1, -0.05) is 30.2 Å². The van der Waals surface area contributed by atoms with Crippen LogP contribution >= 0.6 is 0 Å². The third kappa shape index (κ3) is 5.93. The lowest BCUT2D eigenvalue weighted by Crippen LogP contribution is -2.49. The maximum Gasteiger partial charge on any atom is 0.407 e. The maximum absolute atomic E-state index is 14.3. The van der Waals surface area contributed by atoms with Crippen LogP contribution in [0.2, 0.25) is 0 Å². The van der Waals surface area contributed by atoms with Gasteiger partial charge in [-0.2, -0.15) is 4.98 Å². The number of pyridine rings is 1. The van der Waals surface area contributed by atoms with Crippen LogP contribution in [-0.4, -0.2) is 54.5 Å². The second-order valence-electron chi connectivity index (χ2n) is 13.0. The van der Waals surface area contributed by atoms with Gasteiger partial charge in [0.1, 0.15) is 5.60 Å². The van der Waals surface area contributed by atoms with Crippen molar-refractivity contribution in [3.05, 3.63) is 62.1 Å². The van der Waals surface area contributed by atoms with Crippen LogP contribution in [0.15, 0.2) is 33.9 Å². The topological polar surface area (TPSA) is 116 Å². The highest BCUT2D eigenvalue weighted by atomic mass is 16.6. The molecule has 45 heavy (non-hydrogen) atoms. The van der Waals surface area contributed by atoms with Crippen LogP contribution in [-0.2, 0) is 37.7 Å². The average molecular weight is 612 g/mol. The number of nitrogens with zero attached hydrogens (tertiary/aromatic N) is 6. The molecule has 1 atom stereocenters. The summed E-state index contributed by atoms with van der Waals surface area (Å²) in [5.41, 5.74) is 2.21. The van der Waals surface area contributed by atoms with Crippen molar-refractivity contribution in [2.24, 2.45) is 7.05 Å². The molecule has 1 aromatic carbocycles. The van der Waals surface area contributed by atoms with E-state index in [1.54, 1.807) is 18.5 Å². The maximum atomic E-state index is 14.3. The molecule has 0 saturated carbocycles. The number of hydrogen-bond donors (Lipinski definition) is 1. The number of fused-ring (bicyclic) bond motifs is 4. The lowest BCUT2D eigenvalue weighted by atomic mass is 9.91. The monoisotopic (exact) mass is 611 g/mol. The number of aromatic nitrogens is 5. The summed E-state index contributed by atoms with van der Waals surface area (Å²) < 4.78 is 10.00. The number of hydrogen-bond acceptors (Lipinski definition) is 7. The van der Waals surface area contributed by atoms with Gasteiger partial charge in [0.15, 0.2) is 11.2 Å². The molecule has 1 fully saturated rings. The molecule has 0 radical (unpaired) electrons. The van der Waals surface area contributed by atoms with Crippen molar-refractivity contribution in [1.29, 1.82) is 0 Å². The first-order chi connectivity index (χ1) is 21.6. The summed E-state index contributed by atoms with van der Waals surface area (Å²) in [6.45, 7) is 8.70. The lowest BCUT2D eigenvalue weighted by Gasteiger charge is -2.34. The van der Waals surface area contributed by atoms with Crippen molar-refractivity contribution < 1.29 is 9.53 Å². The fourth-order valence-corrected chi connectivity index (χ4v) is 6.59. The fourth-order valence-electron chi connectivity index (χ4n) is 6.59. The van der Waals surface area contributed by atoms with Gasteiger partial charge in [-0.3, -0.25) is 23.5 Å². The Balaban J connectivity index is 1.42. The molecule has 4 aromatic rings. The van der Waals surface area contributed by atoms with E-state index in [1.807, 2.05) is 39.0 Å². The van der Waals surface area contributed by atoms with E-state index in [-0.39, 0.29) is 19.1 Å². The Bertz CT molecular complexity index is 1970. The van der Waals surface area contributed by atoms with Gasteiger partial charge >= 0.3 is 11.8 Å². The predicted molar refractivity (Wildman–Crippen MR) is 175 cm³/mol. The first-order valence-electron chi connectivity index (χ1n) is 15.8. The predicted octanol–water partition coefficient (Wildman–Crippen LogP) is 3.89. The van der Waals surface area contributed by atoms with Crippen LogP contribution in [0, 0.1) is 11.8 Å². The summed E-state index contributed by atoms with van der Waals surface area (Å²) in [5, 5.41) is 5.09. The van der Waals surface area contributed by atoms with Crippen LogP contribution < -0.4 is 21.5 Å². The number of carbonyl (C=O) groups excluding carboxylic acids is 1. The number of aryl methyl sites for hydroxylation is 3. The van der Waals surface area contributed by atoms with Gasteiger partial charge in [-0.15, -0.1) is 5.92 Å². The van der Waals surface area contributed by atoms with Gasteiger partial charge < -0.3 is 15.0 Å². The van der Waals surface area contributed by atoms with Crippen LogP contribution in [0.1, 0.15) is 70.3 Å². The van der Waals surface area contributed by atoms with E-state index in [4.69, 9.17) is 14.7 Å². The minimum absolute atomic E-state index is 0.0564. The minimum atomic E-state index is -0.600. The number of ether oxygens (including phenoxy) is 1. The number of alkyl carbamates (subject to hydrolysis) is 1. The first kappa shape index (κ1) is 30.4. The molecule has 0 bridgehead atoms. The second kappa shape index (κ2) is 12.1. The normalized spacial score (nSPS) is 16.7. The van der Waals surface area contributed by atoms with E-state index < -0.39 is 22.9 Å². The van der Waals surface area contributed by atoms with Gasteiger partial charge in [0, 0.05) is 37.3 Å². The van der Waals surface area contributed by atoms with E-state index in [9.17, 15) is 14.4 Å². The molecule has 2 aliphatic rings. The first-order valence-corrected chi connectivity index (χ1v) is 15.8. The van der Waals surface area contributed by atoms with Gasteiger partial charge in [0.2, 0.25) is 5.95 Å². The van der Waals surface area contributed by atoms with Crippen molar-refractivity contribution in [3.63, 3.8) is 0 Å². The molecular weight excluding hydrogens is 570 g/mol. The second-order valence-corrected chi connectivity index (χ2v) is 13.0. The minimum Gasteiger partial charge on any atom is -0.444 e. The molecule has 0 spiro atoms. The van der Waals surface area contributed by atoms with E-state index in [0.29, 0.717) is 30.2 Å². The summed E-state index contributed by atoms with van der Waals surface area (Å²) in [5.74, 6) is 6.56. The lowest BCUT2D eigenvalue weighted by molar-refractivity contribution is 0.0499. The third-order valence-corrected chi connectivity index (χ3v) is 8.63. The summed E-state index contributed by atoms with van der Waals surface area (Å²) >= 11 is 0. The number of rotatable bonds is 5. The van der Waals surface area contributed by atoms with Crippen molar-refractivity contribution in [2.75, 3.05) is 18.0 Å². The number of anilines is 1. The number of nitrogens with one attached hydrogen (secondary N) is 1. The van der Waals surface area contributed by atoms with E-state index >= 15 is 0 Å². The van der Waals surface area contributed by atoms with Crippen molar-refractivity contribution in [2.45, 2.75) is 91.0 Å². The van der Waals surface area contributed by atoms with E-state index in [0.717, 1.165) is 60.7 Å². The highest BCUT2D eigenvalue weighted by Crippen LogP contribution is 2.30. The number of imidazole rings is 1. The summed E-state index contributed by atoms with van der Waals surface area (Å²) in [4.78, 5) is 52.5. The quantitative estimate of drug-likeness (QED) is 0.341. The smallest absolute Gasteiger partial charge is 0.407 e. The molecule has 11 nitrogen and oxygen atoms in total. The Kier molecular flexibility index (Phi) is 8.16. The van der Waals surface area contributed by atoms with Crippen molar-refractivity contribution in [1.82, 2.24) is 29.0 Å². The summed E-state index contributed by atoms with van der Waals surface area (Å²) in [6.07, 6.45) is 5.23. The molecule has 4 heterocycles. The number of amides is 1. The third-order valence-electron chi connectivity index (χ3n) is 8.63. The molecule has 1 unspecified atom stereocenters. The van der Waals surface area contributed by atoms with Gasteiger partial charge in [-0.05, 0) is 77.2 Å². The Morgan fingerprint density at radius 1 is 1.07 bits per heavy atom. The average Bonchev–Trinajstić information content (AvgIpc) is 3.40. The molecular formula is C34H41N7O4. The van der Waals surface area contributed by atoms with Crippen LogP contribution in [0.3, 0.4) is 0 Å². The molecule has 6 rings (SSSR count). The molecule has 1 aliphatic carbocycles. The van der Waals surface area contributed by atoms with Gasteiger partial charge in [0.25, 0.3) is 5.56 Å². The molecule has 3 aromatic heterocycles. The van der Waals surface area contributed by atoms with Crippen molar-refractivity contribution in [3.8, 4) is 11.8 Å². The van der Waals surface area contributed by atoms with Crippen LogP contribution in [0.25, 0.3) is 21.9 Å². The molecule has 236 valence electrons. The van der Waals surface area contributed by atoms with Crippen LogP contribution in [0.4, 0.5) is 10.7 Å². The Hall–Kier alpha value is -4.59. The van der Waals surface area contributed by atoms with E-state index in [1.165, 1.54) is 14.7 Å². The van der Waals surface area contributed by atoms with Crippen molar-refractivity contribution >= 4 is 34.0 Å². The number of piperidine rings is 1. The number of carbonyl (C=O) groups is 1. The largest absolute Gasteiger partial charge is 0.444 e. The Morgan fingerprint density at radius 3 is 2.58 bits per heavy atom. The molecule has 1 aliphatic heterocycles. The zero-order valence-corrected chi connectivity index (χ0v) is 26.8. The number of benzene rings is 1. The molecule has 1 amide bonds. The Labute approximate surface area is 262 Å². The summed E-state index contributed by atoms with van der Waals surface area (Å²) in [6, 6.07) is 7.98. The molecule has 1 saturated heterocycles. The highest BCUT2D eigenvalue weighted by molar-refractivity contribution is 5.88. The zero-order chi connectivity index (χ0) is 31.9. The molecule has 1 N–H and O–H groups in total.